The standard InChI is InChI=1S/C14H14N2O2/c1-3-8-16(2)13-6-4-11(5-7-14(17)18)9-12(13)10-15/h3-7,9H,1,8H2,2H3,(H,17,18)/b7-5+. The van der Waals surface area contributed by atoms with Crippen LogP contribution in [0.2, 0.25) is 0 Å². The van der Waals surface area contributed by atoms with Crippen LogP contribution in [0, 0.1) is 11.3 Å². The van der Waals surface area contributed by atoms with Crippen LogP contribution >= 0.6 is 0 Å². The summed E-state index contributed by atoms with van der Waals surface area (Å²) < 4.78 is 0. The van der Waals surface area contributed by atoms with Gasteiger partial charge in [-0.25, -0.2) is 4.79 Å². The zero-order valence-electron chi connectivity index (χ0n) is 10.1. The molecule has 18 heavy (non-hydrogen) atoms. The summed E-state index contributed by atoms with van der Waals surface area (Å²) in [6.07, 6.45) is 4.25. The lowest BCUT2D eigenvalue weighted by Gasteiger charge is -2.18. The lowest BCUT2D eigenvalue weighted by molar-refractivity contribution is -0.131. The Morgan fingerprint density at radius 1 is 1.61 bits per heavy atom. The van der Waals surface area contributed by atoms with E-state index in [0.29, 0.717) is 17.7 Å². The van der Waals surface area contributed by atoms with Crippen LogP contribution in [0.5, 0.6) is 0 Å². The average molecular weight is 242 g/mol. The molecule has 0 aromatic heterocycles. The first kappa shape index (κ1) is 13.5. The molecule has 0 aliphatic carbocycles. The van der Waals surface area contributed by atoms with E-state index in [0.717, 1.165) is 11.8 Å². The number of carboxylic acids is 1. The van der Waals surface area contributed by atoms with E-state index in [-0.39, 0.29) is 0 Å². The second-order valence-corrected chi connectivity index (χ2v) is 3.73. The quantitative estimate of drug-likeness (QED) is 0.635. The number of nitriles is 1. The molecule has 1 aromatic carbocycles. The van der Waals surface area contributed by atoms with Crippen molar-refractivity contribution in [2.75, 3.05) is 18.5 Å². The number of aliphatic carboxylic acids is 1. The Balaban J connectivity index is 3.08. The maximum absolute atomic E-state index is 10.4. The van der Waals surface area contributed by atoms with Crippen molar-refractivity contribution < 1.29 is 9.90 Å². The number of benzene rings is 1. The van der Waals surface area contributed by atoms with E-state index in [1.165, 1.54) is 6.08 Å². The predicted octanol–water partition coefficient (Wildman–Crippen LogP) is 2.28. The van der Waals surface area contributed by atoms with Crippen LogP contribution in [0.4, 0.5) is 5.69 Å². The van der Waals surface area contributed by atoms with Crippen molar-refractivity contribution in [3.63, 3.8) is 0 Å². The number of rotatable bonds is 5. The molecule has 0 radical (unpaired) electrons. The van der Waals surface area contributed by atoms with Crippen LogP contribution in [0.3, 0.4) is 0 Å². The van der Waals surface area contributed by atoms with Crippen molar-refractivity contribution in [1.82, 2.24) is 0 Å². The van der Waals surface area contributed by atoms with Crippen LogP contribution in [0.15, 0.2) is 36.9 Å². The predicted molar refractivity (Wildman–Crippen MR) is 71.3 cm³/mol. The van der Waals surface area contributed by atoms with Crippen molar-refractivity contribution in [1.29, 1.82) is 5.26 Å². The number of anilines is 1. The Hall–Kier alpha value is -2.54. The Labute approximate surface area is 106 Å². The fourth-order valence-electron chi connectivity index (χ4n) is 1.54. The molecule has 92 valence electrons. The van der Waals surface area contributed by atoms with E-state index >= 15 is 0 Å². The van der Waals surface area contributed by atoms with Crippen molar-refractivity contribution >= 4 is 17.7 Å². The number of nitrogens with zero attached hydrogens (tertiary/aromatic N) is 2. The van der Waals surface area contributed by atoms with Crippen LogP contribution in [0.25, 0.3) is 6.08 Å². The summed E-state index contributed by atoms with van der Waals surface area (Å²) in [6.45, 7) is 4.28. The van der Waals surface area contributed by atoms with Crippen molar-refractivity contribution in [3.8, 4) is 6.07 Å². The van der Waals surface area contributed by atoms with Crippen LogP contribution in [-0.2, 0) is 4.79 Å². The summed E-state index contributed by atoms with van der Waals surface area (Å²) in [5, 5.41) is 17.6. The minimum atomic E-state index is -1.01. The van der Waals surface area contributed by atoms with Gasteiger partial charge < -0.3 is 10.0 Å². The maximum Gasteiger partial charge on any atom is 0.328 e. The number of likely N-dealkylation sites (N-methyl/N-ethyl adjacent to an activating group) is 1. The zero-order chi connectivity index (χ0) is 13.5. The first-order valence-corrected chi connectivity index (χ1v) is 5.35. The van der Waals surface area contributed by atoms with Gasteiger partial charge in [0, 0.05) is 19.7 Å². The van der Waals surface area contributed by atoms with Gasteiger partial charge in [0.1, 0.15) is 6.07 Å². The SMILES string of the molecule is C=CCN(C)c1ccc(/C=C/C(=O)O)cc1C#N. The molecule has 0 fully saturated rings. The number of carbonyl (C=O) groups is 1. The molecule has 0 spiro atoms. The highest BCUT2D eigenvalue weighted by molar-refractivity contribution is 5.85. The fraction of sp³-hybridized carbons (Fsp3) is 0.143. The van der Waals surface area contributed by atoms with Gasteiger partial charge in [-0.3, -0.25) is 0 Å². The minimum absolute atomic E-state index is 0.506. The van der Waals surface area contributed by atoms with Crippen molar-refractivity contribution in [2.45, 2.75) is 0 Å². The van der Waals surface area contributed by atoms with Gasteiger partial charge in [-0.2, -0.15) is 5.26 Å². The third kappa shape index (κ3) is 3.49. The molecule has 0 heterocycles. The number of hydrogen-bond donors (Lipinski definition) is 1. The van der Waals surface area contributed by atoms with Gasteiger partial charge in [0.15, 0.2) is 0 Å². The third-order valence-corrected chi connectivity index (χ3v) is 2.37. The third-order valence-electron chi connectivity index (χ3n) is 2.37. The summed E-state index contributed by atoms with van der Waals surface area (Å²) >= 11 is 0. The highest BCUT2D eigenvalue weighted by Gasteiger charge is 2.06. The summed E-state index contributed by atoms with van der Waals surface area (Å²) in [5.41, 5.74) is 1.99. The van der Waals surface area contributed by atoms with Crippen molar-refractivity contribution in [3.05, 3.63) is 48.1 Å². The monoisotopic (exact) mass is 242 g/mol. The van der Waals surface area contributed by atoms with Gasteiger partial charge in [0.05, 0.1) is 11.3 Å². The molecule has 0 aliphatic heterocycles. The topological polar surface area (TPSA) is 64.3 Å². The van der Waals surface area contributed by atoms with Gasteiger partial charge in [-0.15, -0.1) is 6.58 Å². The Kier molecular flexibility index (Phi) is 4.70. The van der Waals surface area contributed by atoms with Gasteiger partial charge in [0.25, 0.3) is 0 Å². The molecule has 0 unspecified atom stereocenters. The molecule has 0 saturated carbocycles. The van der Waals surface area contributed by atoms with Gasteiger partial charge >= 0.3 is 5.97 Å². The molecule has 1 rings (SSSR count). The first-order valence-electron chi connectivity index (χ1n) is 5.35. The second-order valence-electron chi connectivity index (χ2n) is 3.73. The Morgan fingerprint density at radius 2 is 2.33 bits per heavy atom. The molecular weight excluding hydrogens is 228 g/mol. The normalized spacial score (nSPS) is 10.0. The molecule has 0 atom stereocenters. The average Bonchev–Trinajstić information content (AvgIpc) is 2.36. The van der Waals surface area contributed by atoms with Crippen LogP contribution < -0.4 is 4.90 Å². The van der Waals surface area contributed by atoms with Gasteiger partial charge in [-0.1, -0.05) is 12.1 Å². The Morgan fingerprint density at radius 3 is 2.89 bits per heavy atom. The lowest BCUT2D eigenvalue weighted by Crippen LogP contribution is -2.17. The van der Waals surface area contributed by atoms with E-state index < -0.39 is 5.97 Å². The van der Waals surface area contributed by atoms with Crippen LogP contribution in [-0.4, -0.2) is 24.7 Å². The van der Waals surface area contributed by atoms with Crippen LogP contribution in [0.1, 0.15) is 11.1 Å². The molecule has 0 amide bonds. The highest BCUT2D eigenvalue weighted by Crippen LogP contribution is 2.21. The van der Waals surface area contributed by atoms with Gasteiger partial charge in [0.2, 0.25) is 0 Å². The van der Waals surface area contributed by atoms with E-state index in [4.69, 9.17) is 10.4 Å². The molecule has 0 bridgehead atoms. The lowest BCUT2D eigenvalue weighted by atomic mass is 10.1. The molecule has 1 N–H and O–H groups in total. The van der Waals surface area contributed by atoms with Crippen molar-refractivity contribution in [2.24, 2.45) is 0 Å². The second kappa shape index (κ2) is 6.26. The van der Waals surface area contributed by atoms with E-state index in [9.17, 15) is 4.79 Å². The molecule has 4 heteroatoms. The summed E-state index contributed by atoms with van der Waals surface area (Å²) in [7, 11) is 1.87. The highest BCUT2D eigenvalue weighted by atomic mass is 16.4. The molecule has 0 saturated heterocycles. The molecule has 1 aromatic rings. The minimum Gasteiger partial charge on any atom is -0.478 e. The molecular formula is C14H14N2O2. The molecule has 4 nitrogen and oxygen atoms in total. The summed E-state index contributed by atoms with van der Waals surface area (Å²) in [6, 6.07) is 7.33. The van der Waals surface area contributed by atoms with E-state index in [1.807, 2.05) is 11.9 Å². The zero-order valence-corrected chi connectivity index (χ0v) is 10.1. The summed E-state index contributed by atoms with van der Waals surface area (Å²) in [5.74, 6) is -1.01. The first-order chi connectivity index (χ1) is 8.58. The smallest absolute Gasteiger partial charge is 0.328 e. The van der Waals surface area contributed by atoms with Gasteiger partial charge in [-0.05, 0) is 23.8 Å². The maximum atomic E-state index is 10.4. The Bertz CT molecular complexity index is 527. The van der Waals surface area contributed by atoms with E-state index in [1.54, 1.807) is 24.3 Å². The fourth-order valence-corrected chi connectivity index (χ4v) is 1.54. The number of carboxylic acid groups (broad SMARTS) is 1. The number of hydrogen-bond acceptors (Lipinski definition) is 3. The largest absolute Gasteiger partial charge is 0.478 e. The molecule has 0 aliphatic rings. The van der Waals surface area contributed by atoms with E-state index in [2.05, 4.69) is 12.6 Å². The summed E-state index contributed by atoms with van der Waals surface area (Å²) in [4.78, 5) is 12.3.